The molecule has 4 heteroatoms. The van der Waals surface area contributed by atoms with Crippen molar-refractivity contribution in [1.29, 1.82) is 0 Å². The van der Waals surface area contributed by atoms with E-state index in [2.05, 4.69) is 9.97 Å². The zero-order valence-electron chi connectivity index (χ0n) is 9.03. The molecule has 0 atom stereocenters. The van der Waals surface area contributed by atoms with Crippen LogP contribution in [0.25, 0.3) is 11.4 Å². The van der Waals surface area contributed by atoms with Crippen molar-refractivity contribution in [1.82, 2.24) is 9.97 Å². The first kappa shape index (κ1) is 10.9. The first-order valence-corrected chi connectivity index (χ1v) is 5.26. The molecule has 0 radical (unpaired) electrons. The van der Waals surface area contributed by atoms with Crippen LogP contribution in [-0.2, 0) is 0 Å². The fourth-order valence-electron chi connectivity index (χ4n) is 1.33. The maximum Gasteiger partial charge on any atom is 0.161 e. The highest BCUT2D eigenvalue weighted by atomic mass is 35.5. The number of aryl methyl sites for hydroxylation is 1. The van der Waals surface area contributed by atoms with Crippen molar-refractivity contribution in [2.75, 3.05) is 0 Å². The predicted octanol–water partition coefficient (Wildman–Crippen LogP) is 3.12. The van der Waals surface area contributed by atoms with Gasteiger partial charge in [0.1, 0.15) is 10.9 Å². The molecule has 0 saturated heterocycles. The lowest BCUT2D eigenvalue weighted by atomic mass is 10.2. The van der Waals surface area contributed by atoms with Gasteiger partial charge in [0.15, 0.2) is 5.82 Å². The molecule has 0 unspecified atom stereocenters. The van der Waals surface area contributed by atoms with E-state index in [9.17, 15) is 5.11 Å². The average Bonchev–Trinajstić information content (AvgIpc) is 2.26. The highest BCUT2D eigenvalue weighted by Crippen LogP contribution is 2.22. The molecule has 2 aromatic rings. The molecule has 82 valence electrons. The molecule has 16 heavy (non-hydrogen) atoms. The van der Waals surface area contributed by atoms with Crippen LogP contribution in [0.3, 0.4) is 0 Å². The Morgan fingerprint density at radius 2 is 1.69 bits per heavy atom. The van der Waals surface area contributed by atoms with Gasteiger partial charge in [-0.1, -0.05) is 11.6 Å². The molecule has 0 spiro atoms. The van der Waals surface area contributed by atoms with Gasteiger partial charge in [-0.15, -0.1) is 0 Å². The Morgan fingerprint density at radius 3 is 2.25 bits per heavy atom. The summed E-state index contributed by atoms with van der Waals surface area (Å²) in [5.74, 6) is 0.798. The number of phenolic OH excluding ortho intramolecular Hbond substituents is 1. The maximum absolute atomic E-state index is 9.19. The third kappa shape index (κ3) is 1.99. The van der Waals surface area contributed by atoms with E-state index >= 15 is 0 Å². The van der Waals surface area contributed by atoms with Crippen molar-refractivity contribution in [2.45, 2.75) is 13.8 Å². The second kappa shape index (κ2) is 4.10. The van der Waals surface area contributed by atoms with E-state index in [0.29, 0.717) is 11.0 Å². The average molecular weight is 235 g/mol. The Bertz CT molecular complexity index is 500. The number of aromatic hydroxyl groups is 1. The SMILES string of the molecule is Cc1nc(-c2ccc(O)cc2)nc(Cl)c1C. The molecule has 0 aliphatic heterocycles. The monoisotopic (exact) mass is 234 g/mol. The summed E-state index contributed by atoms with van der Waals surface area (Å²) in [6.45, 7) is 3.78. The summed E-state index contributed by atoms with van der Waals surface area (Å²) in [4.78, 5) is 8.56. The molecule has 0 aliphatic carbocycles. The number of halogens is 1. The summed E-state index contributed by atoms with van der Waals surface area (Å²) in [6, 6.07) is 6.72. The van der Waals surface area contributed by atoms with Crippen molar-refractivity contribution in [3.8, 4) is 17.1 Å². The zero-order valence-corrected chi connectivity index (χ0v) is 9.78. The Morgan fingerprint density at radius 1 is 1.06 bits per heavy atom. The minimum absolute atomic E-state index is 0.221. The largest absolute Gasteiger partial charge is 0.508 e. The molecule has 0 amide bonds. The highest BCUT2D eigenvalue weighted by Gasteiger charge is 2.07. The van der Waals surface area contributed by atoms with Crippen molar-refractivity contribution in [3.05, 3.63) is 40.7 Å². The van der Waals surface area contributed by atoms with Gasteiger partial charge in [-0.25, -0.2) is 9.97 Å². The van der Waals surface area contributed by atoms with Crippen LogP contribution in [0, 0.1) is 13.8 Å². The van der Waals surface area contributed by atoms with E-state index in [-0.39, 0.29) is 5.75 Å². The van der Waals surface area contributed by atoms with Gasteiger partial charge in [0, 0.05) is 16.8 Å². The first-order valence-electron chi connectivity index (χ1n) is 4.88. The number of nitrogens with zero attached hydrogens (tertiary/aromatic N) is 2. The second-order valence-electron chi connectivity index (χ2n) is 3.60. The van der Waals surface area contributed by atoms with E-state index < -0.39 is 0 Å². The van der Waals surface area contributed by atoms with Gasteiger partial charge in [-0.3, -0.25) is 0 Å². The standard InChI is InChI=1S/C12H11ClN2O/c1-7-8(2)14-12(15-11(7)13)9-3-5-10(16)6-4-9/h3-6,16H,1-2H3. The van der Waals surface area contributed by atoms with Crippen LogP contribution in [0.2, 0.25) is 5.15 Å². The Kier molecular flexibility index (Phi) is 2.79. The fraction of sp³-hybridized carbons (Fsp3) is 0.167. The normalized spacial score (nSPS) is 10.4. The van der Waals surface area contributed by atoms with Gasteiger partial charge < -0.3 is 5.11 Å². The molecule has 0 saturated carbocycles. The highest BCUT2D eigenvalue weighted by molar-refractivity contribution is 6.30. The van der Waals surface area contributed by atoms with Crippen molar-refractivity contribution in [2.24, 2.45) is 0 Å². The summed E-state index contributed by atoms with van der Waals surface area (Å²) in [7, 11) is 0. The van der Waals surface area contributed by atoms with Crippen LogP contribution in [0.5, 0.6) is 5.75 Å². The van der Waals surface area contributed by atoms with E-state index in [1.165, 1.54) is 0 Å². The Balaban J connectivity index is 2.52. The van der Waals surface area contributed by atoms with Crippen LogP contribution < -0.4 is 0 Å². The van der Waals surface area contributed by atoms with Gasteiger partial charge in [0.2, 0.25) is 0 Å². The van der Waals surface area contributed by atoms with Gasteiger partial charge in [-0.05, 0) is 38.1 Å². The lowest BCUT2D eigenvalue weighted by Crippen LogP contribution is -1.96. The van der Waals surface area contributed by atoms with Crippen molar-refractivity contribution in [3.63, 3.8) is 0 Å². The molecule has 1 aromatic carbocycles. The summed E-state index contributed by atoms with van der Waals surface area (Å²) >= 11 is 6.00. The van der Waals surface area contributed by atoms with E-state index in [0.717, 1.165) is 16.8 Å². The fourth-order valence-corrected chi connectivity index (χ4v) is 1.55. The van der Waals surface area contributed by atoms with Crippen molar-refractivity contribution >= 4 is 11.6 Å². The summed E-state index contributed by atoms with van der Waals surface area (Å²) in [5.41, 5.74) is 2.59. The molecule has 0 aliphatic rings. The quantitative estimate of drug-likeness (QED) is 0.772. The van der Waals surface area contributed by atoms with Crippen LogP contribution in [0.4, 0.5) is 0 Å². The molecule has 3 nitrogen and oxygen atoms in total. The van der Waals surface area contributed by atoms with Crippen LogP contribution in [0.1, 0.15) is 11.3 Å². The zero-order chi connectivity index (χ0) is 11.7. The van der Waals surface area contributed by atoms with Gasteiger partial charge in [0.05, 0.1) is 0 Å². The molecular formula is C12H11ClN2O. The molecular weight excluding hydrogens is 224 g/mol. The number of hydrogen-bond acceptors (Lipinski definition) is 3. The first-order chi connectivity index (χ1) is 7.58. The Labute approximate surface area is 98.8 Å². The second-order valence-corrected chi connectivity index (χ2v) is 3.95. The third-order valence-corrected chi connectivity index (χ3v) is 2.82. The van der Waals surface area contributed by atoms with Crippen LogP contribution >= 0.6 is 11.6 Å². The lowest BCUT2D eigenvalue weighted by Gasteiger charge is -2.05. The van der Waals surface area contributed by atoms with Gasteiger partial charge in [-0.2, -0.15) is 0 Å². The van der Waals surface area contributed by atoms with E-state index in [1.807, 2.05) is 13.8 Å². The minimum Gasteiger partial charge on any atom is -0.508 e. The Hall–Kier alpha value is -1.61. The number of rotatable bonds is 1. The van der Waals surface area contributed by atoms with E-state index in [1.54, 1.807) is 24.3 Å². The van der Waals surface area contributed by atoms with Crippen LogP contribution in [-0.4, -0.2) is 15.1 Å². The number of phenols is 1. The predicted molar refractivity (Wildman–Crippen MR) is 63.6 cm³/mol. The molecule has 1 N–H and O–H groups in total. The molecule has 1 heterocycles. The number of benzene rings is 1. The molecule has 2 rings (SSSR count). The van der Waals surface area contributed by atoms with E-state index in [4.69, 9.17) is 11.6 Å². The topological polar surface area (TPSA) is 46.0 Å². The summed E-state index contributed by atoms with van der Waals surface area (Å²) < 4.78 is 0. The molecule has 0 fully saturated rings. The number of aromatic nitrogens is 2. The summed E-state index contributed by atoms with van der Waals surface area (Å²) in [5, 5.41) is 9.66. The maximum atomic E-state index is 9.19. The van der Waals surface area contributed by atoms with Gasteiger partial charge in [0.25, 0.3) is 0 Å². The smallest absolute Gasteiger partial charge is 0.161 e. The molecule has 0 bridgehead atoms. The molecule has 1 aromatic heterocycles. The van der Waals surface area contributed by atoms with Gasteiger partial charge >= 0.3 is 0 Å². The lowest BCUT2D eigenvalue weighted by molar-refractivity contribution is 0.475. The summed E-state index contributed by atoms with van der Waals surface area (Å²) in [6.07, 6.45) is 0. The third-order valence-electron chi connectivity index (χ3n) is 2.46. The van der Waals surface area contributed by atoms with Crippen LogP contribution in [0.15, 0.2) is 24.3 Å². The minimum atomic E-state index is 0.221. The van der Waals surface area contributed by atoms with Crippen molar-refractivity contribution < 1.29 is 5.11 Å². The number of hydrogen-bond donors (Lipinski definition) is 1.